The highest BCUT2D eigenvalue weighted by molar-refractivity contribution is 5.89. The third kappa shape index (κ3) is 10.8. The van der Waals surface area contributed by atoms with Gasteiger partial charge in [-0.3, -0.25) is 0 Å². The molecule has 5 nitrogen and oxygen atoms in total. The second-order valence-electron chi connectivity index (χ2n) is 6.96. The first kappa shape index (κ1) is 23.2. The zero-order valence-electron chi connectivity index (χ0n) is 16.7. The molecule has 5 heteroatoms. The van der Waals surface area contributed by atoms with Crippen LogP contribution in [-0.2, 0) is 14.3 Å². The van der Waals surface area contributed by atoms with Crippen molar-refractivity contribution in [3.63, 3.8) is 0 Å². The summed E-state index contributed by atoms with van der Waals surface area (Å²) in [6.07, 6.45) is 8.44. The third-order valence-corrected chi connectivity index (χ3v) is 4.42. The van der Waals surface area contributed by atoms with Gasteiger partial charge in [-0.1, -0.05) is 70.1 Å². The smallest absolute Gasteiger partial charge is 0.338 e. The van der Waals surface area contributed by atoms with E-state index in [0.717, 1.165) is 19.3 Å². The fourth-order valence-corrected chi connectivity index (χ4v) is 2.77. The van der Waals surface area contributed by atoms with E-state index < -0.39 is 24.1 Å². The third-order valence-electron chi connectivity index (χ3n) is 4.42. The normalized spacial score (nSPS) is 13.0. The maximum atomic E-state index is 12.3. The van der Waals surface area contributed by atoms with E-state index in [-0.39, 0.29) is 6.61 Å². The van der Waals surface area contributed by atoms with E-state index in [1.165, 1.54) is 39.0 Å². The van der Waals surface area contributed by atoms with Crippen molar-refractivity contribution in [2.75, 3.05) is 6.61 Å². The van der Waals surface area contributed by atoms with Gasteiger partial charge in [0.05, 0.1) is 5.56 Å². The van der Waals surface area contributed by atoms with Crippen LogP contribution in [-0.4, -0.2) is 35.9 Å². The van der Waals surface area contributed by atoms with Crippen molar-refractivity contribution >= 4 is 11.9 Å². The van der Waals surface area contributed by atoms with E-state index in [4.69, 9.17) is 9.47 Å². The second kappa shape index (κ2) is 14.2. The van der Waals surface area contributed by atoms with Crippen molar-refractivity contribution in [1.29, 1.82) is 0 Å². The number of esters is 2. The Morgan fingerprint density at radius 1 is 0.963 bits per heavy atom. The van der Waals surface area contributed by atoms with Crippen LogP contribution in [0, 0.1) is 0 Å². The molecule has 0 heterocycles. The minimum Gasteiger partial charge on any atom is -0.460 e. The van der Waals surface area contributed by atoms with Crippen LogP contribution in [0.4, 0.5) is 0 Å². The number of aliphatic hydroxyl groups is 1. The van der Waals surface area contributed by atoms with Crippen LogP contribution in [0.1, 0.15) is 82.0 Å². The molecule has 0 saturated heterocycles. The number of rotatable bonds is 14. The van der Waals surface area contributed by atoms with Gasteiger partial charge in [-0.15, -0.1) is 0 Å². The zero-order valence-corrected chi connectivity index (χ0v) is 16.7. The summed E-state index contributed by atoms with van der Waals surface area (Å²) >= 11 is 0. The van der Waals surface area contributed by atoms with Crippen LogP contribution < -0.4 is 0 Å². The van der Waals surface area contributed by atoms with Crippen molar-refractivity contribution in [2.45, 2.75) is 83.8 Å². The molecule has 1 rings (SSSR count). The van der Waals surface area contributed by atoms with E-state index in [0.29, 0.717) is 12.0 Å². The summed E-state index contributed by atoms with van der Waals surface area (Å²) in [5.74, 6) is -1.13. The molecule has 0 saturated carbocycles. The maximum Gasteiger partial charge on any atom is 0.338 e. The Morgan fingerprint density at radius 3 is 2.15 bits per heavy atom. The first-order valence-corrected chi connectivity index (χ1v) is 10.1. The minimum atomic E-state index is -1.18. The first-order chi connectivity index (χ1) is 13.0. The van der Waals surface area contributed by atoms with Crippen molar-refractivity contribution in [1.82, 2.24) is 0 Å². The molecule has 1 aromatic rings. The average molecular weight is 379 g/mol. The molecule has 0 aliphatic heterocycles. The average Bonchev–Trinajstić information content (AvgIpc) is 2.68. The summed E-state index contributed by atoms with van der Waals surface area (Å²) in [6.45, 7) is 3.53. The molecule has 0 aliphatic rings. The SMILES string of the molecule is CCCCCCCCCCC(COC(=O)[C@H](C)O)OC(=O)c1ccccc1. The van der Waals surface area contributed by atoms with E-state index in [9.17, 15) is 14.7 Å². The standard InChI is InChI=1S/C22H34O5/c1-3-4-5-6-7-8-9-13-16-20(17-26-21(24)18(2)23)27-22(25)19-14-11-10-12-15-19/h10-12,14-15,18,20,23H,3-9,13,16-17H2,1-2H3/t18-,20?/m0/s1. The van der Waals surface area contributed by atoms with Crippen LogP contribution in [0.15, 0.2) is 30.3 Å². The predicted octanol–water partition coefficient (Wildman–Crippen LogP) is 4.67. The molecule has 27 heavy (non-hydrogen) atoms. The highest BCUT2D eigenvalue weighted by Gasteiger charge is 2.19. The lowest BCUT2D eigenvalue weighted by molar-refractivity contribution is -0.155. The Bertz CT molecular complexity index is 527. The number of carbonyl (C=O) groups excluding carboxylic acids is 2. The molecule has 152 valence electrons. The Labute approximate surface area is 163 Å². The number of aliphatic hydroxyl groups excluding tert-OH is 1. The largest absolute Gasteiger partial charge is 0.460 e. The number of hydrogen-bond donors (Lipinski definition) is 1. The lowest BCUT2D eigenvalue weighted by Crippen LogP contribution is -2.28. The van der Waals surface area contributed by atoms with Gasteiger partial charge in [0.2, 0.25) is 0 Å². The van der Waals surface area contributed by atoms with Crippen LogP contribution in [0.3, 0.4) is 0 Å². The fraction of sp³-hybridized carbons (Fsp3) is 0.636. The highest BCUT2D eigenvalue weighted by Crippen LogP contribution is 2.14. The molecule has 0 aromatic heterocycles. The van der Waals surface area contributed by atoms with Crippen LogP contribution in [0.5, 0.6) is 0 Å². The topological polar surface area (TPSA) is 72.8 Å². The van der Waals surface area contributed by atoms with E-state index in [1.54, 1.807) is 24.3 Å². The lowest BCUT2D eigenvalue weighted by atomic mass is 10.1. The Hall–Kier alpha value is -1.88. The molecule has 0 radical (unpaired) electrons. The van der Waals surface area contributed by atoms with Gasteiger partial charge in [-0.05, 0) is 31.9 Å². The first-order valence-electron chi connectivity index (χ1n) is 10.1. The van der Waals surface area contributed by atoms with Gasteiger partial charge in [0.1, 0.15) is 18.8 Å². The molecule has 1 unspecified atom stereocenters. The summed E-state index contributed by atoms with van der Waals surface area (Å²) in [4.78, 5) is 23.7. The number of carbonyl (C=O) groups is 2. The van der Waals surface area contributed by atoms with Gasteiger partial charge in [-0.2, -0.15) is 0 Å². The summed E-state index contributed by atoms with van der Waals surface area (Å²) in [5.41, 5.74) is 0.472. The monoisotopic (exact) mass is 378 g/mol. The zero-order chi connectivity index (χ0) is 19.9. The van der Waals surface area contributed by atoms with Gasteiger partial charge in [0, 0.05) is 0 Å². The van der Waals surface area contributed by atoms with Crippen LogP contribution in [0.2, 0.25) is 0 Å². The minimum absolute atomic E-state index is 0.0290. The molecule has 0 spiro atoms. The Morgan fingerprint density at radius 2 is 1.56 bits per heavy atom. The molecule has 1 N–H and O–H groups in total. The van der Waals surface area contributed by atoms with Gasteiger partial charge >= 0.3 is 11.9 Å². The van der Waals surface area contributed by atoms with Crippen molar-refractivity contribution in [2.24, 2.45) is 0 Å². The van der Waals surface area contributed by atoms with Gasteiger partial charge < -0.3 is 14.6 Å². The molecule has 2 atom stereocenters. The van der Waals surface area contributed by atoms with Crippen molar-refractivity contribution in [3.8, 4) is 0 Å². The molecule has 0 amide bonds. The molecule has 0 bridgehead atoms. The van der Waals surface area contributed by atoms with Gasteiger partial charge in [-0.25, -0.2) is 9.59 Å². The van der Waals surface area contributed by atoms with Crippen LogP contribution >= 0.6 is 0 Å². The number of unbranched alkanes of at least 4 members (excludes halogenated alkanes) is 7. The highest BCUT2D eigenvalue weighted by atomic mass is 16.6. The molecular formula is C22H34O5. The van der Waals surface area contributed by atoms with E-state index in [1.807, 2.05) is 6.07 Å². The van der Waals surface area contributed by atoms with E-state index >= 15 is 0 Å². The summed E-state index contributed by atoms with van der Waals surface area (Å²) < 4.78 is 10.6. The molecule has 0 fully saturated rings. The molecule has 1 aromatic carbocycles. The van der Waals surface area contributed by atoms with Gasteiger partial charge in [0.15, 0.2) is 0 Å². The van der Waals surface area contributed by atoms with Gasteiger partial charge in [0.25, 0.3) is 0 Å². The summed E-state index contributed by atoms with van der Waals surface area (Å²) in [7, 11) is 0. The fourth-order valence-electron chi connectivity index (χ4n) is 2.77. The summed E-state index contributed by atoms with van der Waals surface area (Å²) in [6, 6.07) is 8.77. The number of hydrogen-bond acceptors (Lipinski definition) is 5. The Balaban J connectivity index is 2.40. The predicted molar refractivity (Wildman–Crippen MR) is 106 cm³/mol. The number of benzene rings is 1. The molecule has 0 aliphatic carbocycles. The molecular weight excluding hydrogens is 344 g/mol. The maximum absolute atomic E-state index is 12.3. The summed E-state index contributed by atoms with van der Waals surface area (Å²) in [5, 5.41) is 9.25. The second-order valence-corrected chi connectivity index (χ2v) is 6.96. The quantitative estimate of drug-likeness (QED) is 0.376. The van der Waals surface area contributed by atoms with Crippen molar-refractivity contribution in [3.05, 3.63) is 35.9 Å². The Kier molecular flexibility index (Phi) is 12.2. The lowest BCUT2D eigenvalue weighted by Gasteiger charge is -2.18. The van der Waals surface area contributed by atoms with Crippen molar-refractivity contribution < 1.29 is 24.2 Å². The van der Waals surface area contributed by atoms with E-state index in [2.05, 4.69) is 6.92 Å². The number of ether oxygens (including phenoxy) is 2. The van der Waals surface area contributed by atoms with Crippen LogP contribution in [0.25, 0.3) is 0 Å².